The van der Waals surface area contributed by atoms with Gasteiger partial charge in [0.25, 0.3) is 0 Å². The average Bonchev–Trinajstić information content (AvgIpc) is 2.16. The highest BCUT2D eigenvalue weighted by atomic mass is 16.2. The highest BCUT2D eigenvalue weighted by Crippen LogP contribution is 2.27. The Balaban J connectivity index is 2.27. The van der Waals surface area contributed by atoms with Gasteiger partial charge in [-0.2, -0.15) is 0 Å². The van der Waals surface area contributed by atoms with Crippen LogP contribution in [0, 0.1) is 6.92 Å². The number of aryl methyl sites for hydroxylation is 1. The zero-order valence-electron chi connectivity index (χ0n) is 8.49. The number of amides is 2. The summed E-state index contributed by atoms with van der Waals surface area (Å²) in [6, 6.07) is 1.90. The first-order valence-electron chi connectivity index (χ1n) is 4.90. The van der Waals surface area contributed by atoms with Gasteiger partial charge in [0.2, 0.25) is 11.8 Å². The lowest BCUT2D eigenvalue weighted by molar-refractivity contribution is -0.133. The van der Waals surface area contributed by atoms with E-state index >= 15 is 0 Å². The van der Waals surface area contributed by atoms with E-state index in [2.05, 4.69) is 10.3 Å². The van der Waals surface area contributed by atoms with Crippen molar-refractivity contribution in [3.8, 4) is 0 Å². The average molecular weight is 204 g/mol. The number of hydrogen-bond donors (Lipinski definition) is 1. The van der Waals surface area contributed by atoms with E-state index in [1.54, 1.807) is 12.4 Å². The van der Waals surface area contributed by atoms with Gasteiger partial charge in [-0.15, -0.1) is 0 Å². The summed E-state index contributed by atoms with van der Waals surface area (Å²) in [6.45, 7) is 1.97. The molecule has 78 valence electrons. The fraction of sp³-hybridized carbons (Fsp3) is 0.364. The molecule has 15 heavy (non-hydrogen) atoms. The molecule has 0 spiro atoms. The normalized spacial score (nSPS) is 17.7. The lowest BCUT2D eigenvalue weighted by Crippen LogP contribution is -2.37. The number of rotatable bonds is 1. The second kappa shape index (κ2) is 3.81. The lowest BCUT2D eigenvalue weighted by Gasteiger charge is -2.22. The maximum atomic E-state index is 11.2. The molecule has 0 atom stereocenters. The van der Waals surface area contributed by atoms with Crippen molar-refractivity contribution in [2.45, 2.75) is 25.7 Å². The predicted octanol–water partition coefficient (Wildman–Crippen LogP) is 0.910. The van der Waals surface area contributed by atoms with Crippen LogP contribution in [0.25, 0.3) is 0 Å². The van der Waals surface area contributed by atoms with Gasteiger partial charge < -0.3 is 0 Å². The molecule has 4 nitrogen and oxygen atoms in total. The predicted molar refractivity (Wildman–Crippen MR) is 54.1 cm³/mol. The monoisotopic (exact) mass is 204 g/mol. The smallest absolute Gasteiger partial charge is 0.227 e. The Kier molecular flexibility index (Phi) is 2.49. The molecule has 0 unspecified atom stereocenters. The molecule has 1 aliphatic heterocycles. The molecular formula is C11H12N2O2. The van der Waals surface area contributed by atoms with E-state index in [0.29, 0.717) is 12.8 Å². The van der Waals surface area contributed by atoms with E-state index < -0.39 is 0 Å². The molecule has 1 aromatic heterocycles. The summed E-state index contributed by atoms with van der Waals surface area (Å²) in [7, 11) is 0. The molecule has 0 aromatic carbocycles. The number of aromatic nitrogens is 1. The summed E-state index contributed by atoms with van der Waals surface area (Å²) in [6.07, 6.45) is 4.20. The van der Waals surface area contributed by atoms with Gasteiger partial charge in [0.1, 0.15) is 0 Å². The van der Waals surface area contributed by atoms with Crippen LogP contribution >= 0.6 is 0 Å². The van der Waals surface area contributed by atoms with Crippen LogP contribution in [-0.4, -0.2) is 16.8 Å². The number of nitrogens with one attached hydrogen (secondary N) is 1. The summed E-state index contributed by atoms with van der Waals surface area (Å²) >= 11 is 0. The zero-order chi connectivity index (χ0) is 10.8. The Labute approximate surface area is 87.7 Å². The van der Waals surface area contributed by atoms with Crippen molar-refractivity contribution >= 4 is 11.8 Å². The van der Waals surface area contributed by atoms with Gasteiger partial charge in [-0.1, -0.05) is 0 Å². The highest BCUT2D eigenvalue weighted by Gasteiger charge is 2.26. The van der Waals surface area contributed by atoms with Crippen LogP contribution in [-0.2, 0) is 9.59 Å². The zero-order valence-corrected chi connectivity index (χ0v) is 8.49. The fourth-order valence-electron chi connectivity index (χ4n) is 1.90. The van der Waals surface area contributed by atoms with Crippen molar-refractivity contribution in [2.75, 3.05) is 0 Å². The molecule has 4 heteroatoms. The van der Waals surface area contributed by atoms with Gasteiger partial charge in [0.05, 0.1) is 0 Å². The largest absolute Gasteiger partial charge is 0.296 e. The van der Waals surface area contributed by atoms with Crippen molar-refractivity contribution in [1.29, 1.82) is 0 Å². The SMILES string of the molecule is Cc1ccncc1C1CC(=O)NC(=O)C1. The summed E-state index contributed by atoms with van der Waals surface area (Å²) in [5.74, 6) is -0.404. The lowest BCUT2D eigenvalue weighted by atomic mass is 9.88. The van der Waals surface area contributed by atoms with Gasteiger partial charge in [-0.3, -0.25) is 19.9 Å². The molecule has 2 rings (SSSR count). The van der Waals surface area contributed by atoms with Crippen LogP contribution in [0.4, 0.5) is 0 Å². The number of imide groups is 1. The van der Waals surface area contributed by atoms with E-state index in [1.807, 2.05) is 13.0 Å². The maximum Gasteiger partial charge on any atom is 0.227 e. The number of hydrogen-bond acceptors (Lipinski definition) is 3. The van der Waals surface area contributed by atoms with E-state index in [4.69, 9.17) is 0 Å². The Bertz CT molecular complexity index is 399. The Morgan fingerprint density at radius 1 is 1.33 bits per heavy atom. The van der Waals surface area contributed by atoms with Crippen LogP contribution in [0.5, 0.6) is 0 Å². The molecule has 0 aliphatic carbocycles. The van der Waals surface area contributed by atoms with Crippen molar-refractivity contribution < 1.29 is 9.59 Å². The second-order valence-corrected chi connectivity index (χ2v) is 3.81. The van der Waals surface area contributed by atoms with Crippen LogP contribution in [0.3, 0.4) is 0 Å². The third-order valence-corrected chi connectivity index (χ3v) is 2.66. The Morgan fingerprint density at radius 2 is 2.00 bits per heavy atom. The Hall–Kier alpha value is -1.71. The first-order valence-corrected chi connectivity index (χ1v) is 4.90. The van der Waals surface area contributed by atoms with E-state index in [9.17, 15) is 9.59 Å². The van der Waals surface area contributed by atoms with Crippen LogP contribution < -0.4 is 5.32 Å². The number of pyridine rings is 1. The molecule has 0 saturated carbocycles. The first kappa shape index (κ1) is 9.83. The summed E-state index contributed by atoms with van der Waals surface area (Å²) in [5.41, 5.74) is 2.08. The van der Waals surface area contributed by atoms with Gasteiger partial charge in [-0.25, -0.2) is 0 Å². The fourth-order valence-corrected chi connectivity index (χ4v) is 1.90. The number of carbonyl (C=O) groups is 2. The maximum absolute atomic E-state index is 11.2. The minimum Gasteiger partial charge on any atom is -0.296 e. The van der Waals surface area contributed by atoms with Crippen LogP contribution in [0.15, 0.2) is 18.5 Å². The number of piperidine rings is 1. The van der Waals surface area contributed by atoms with Crippen molar-refractivity contribution in [3.05, 3.63) is 29.6 Å². The molecule has 0 bridgehead atoms. The number of carbonyl (C=O) groups excluding carboxylic acids is 2. The number of nitrogens with zero attached hydrogens (tertiary/aromatic N) is 1. The minimum absolute atomic E-state index is 0.0139. The quantitative estimate of drug-likeness (QED) is 0.692. The second-order valence-electron chi connectivity index (χ2n) is 3.81. The third kappa shape index (κ3) is 2.03. The summed E-state index contributed by atoms with van der Waals surface area (Å²) in [5, 5.41) is 2.30. The van der Waals surface area contributed by atoms with E-state index in [1.165, 1.54) is 0 Å². The molecule has 2 heterocycles. The molecule has 1 N–H and O–H groups in total. The highest BCUT2D eigenvalue weighted by molar-refractivity contribution is 5.98. The topological polar surface area (TPSA) is 59.1 Å². The molecule has 1 fully saturated rings. The summed E-state index contributed by atoms with van der Waals surface area (Å²) in [4.78, 5) is 26.5. The molecule has 1 aliphatic rings. The van der Waals surface area contributed by atoms with E-state index in [-0.39, 0.29) is 17.7 Å². The minimum atomic E-state index is -0.195. The standard InChI is InChI=1S/C11H12N2O2/c1-7-2-3-12-6-9(7)8-4-10(14)13-11(15)5-8/h2-3,6,8H,4-5H2,1H3,(H,13,14,15). The molecule has 1 aromatic rings. The van der Waals surface area contributed by atoms with Gasteiger partial charge in [-0.05, 0) is 24.1 Å². The van der Waals surface area contributed by atoms with Gasteiger partial charge >= 0.3 is 0 Å². The molecular weight excluding hydrogens is 192 g/mol. The van der Waals surface area contributed by atoms with Crippen molar-refractivity contribution in [2.24, 2.45) is 0 Å². The van der Waals surface area contributed by atoms with E-state index in [0.717, 1.165) is 11.1 Å². The molecule has 2 amide bonds. The van der Waals surface area contributed by atoms with Crippen LogP contribution in [0.1, 0.15) is 29.9 Å². The van der Waals surface area contributed by atoms with Gasteiger partial charge in [0, 0.05) is 31.2 Å². The van der Waals surface area contributed by atoms with Gasteiger partial charge in [0.15, 0.2) is 0 Å². The molecule has 0 radical (unpaired) electrons. The van der Waals surface area contributed by atoms with Crippen molar-refractivity contribution in [1.82, 2.24) is 10.3 Å². The van der Waals surface area contributed by atoms with Crippen molar-refractivity contribution in [3.63, 3.8) is 0 Å². The third-order valence-electron chi connectivity index (χ3n) is 2.66. The Morgan fingerprint density at radius 3 is 2.60 bits per heavy atom. The first-order chi connectivity index (χ1) is 7.16. The van der Waals surface area contributed by atoms with Crippen LogP contribution in [0.2, 0.25) is 0 Å². The molecule has 1 saturated heterocycles. The summed E-state index contributed by atoms with van der Waals surface area (Å²) < 4.78 is 0.